The number of amides is 1. The van der Waals surface area contributed by atoms with E-state index in [1.54, 1.807) is 55.5 Å². The van der Waals surface area contributed by atoms with E-state index in [-0.39, 0.29) is 5.91 Å². The van der Waals surface area contributed by atoms with Crippen molar-refractivity contribution >= 4 is 46.1 Å². The standard InChI is InChI=1S/C21H15Cl2N3O3S/c1-12(28-17-9-6-14(22)11-16(17)23)21-25-19(26-29-21)13-4-7-15(8-5-13)24-20(27)18-3-2-10-30-18/h2-12H,1H3,(H,24,27)/t12-/m0/s1. The molecule has 4 rings (SSSR count). The summed E-state index contributed by atoms with van der Waals surface area (Å²) in [7, 11) is 0. The molecule has 0 aliphatic rings. The van der Waals surface area contributed by atoms with Crippen molar-refractivity contribution in [2.45, 2.75) is 13.0 Å². The van der Waals surface area contributed by atoms with E-state index in [2.05, 4.69) is 15.5 Å². The van der Waals surface area contributed by atoms with Crippen molar-refractivity contribution in [1.82, 2.24) is 10.1 Å². The molecule has 2 heterocycles. The molecular weight excluding hydrogens is 445 g/mol. The molecule has 0 bridgehead atoms. The number of thiophene rings is 1. The Balaban J connectivity index is 1.43. The maximum absolute atomic E-state index is 12.1. The molecule has 0 aliphatic carbocycles. The van der Waals surface area contributed by atoms with E-state index < -0.39 is 6.10 Å². The van der Waals surface area contributed by atoms with E-state index in [0.717, 1.165) is 5.56 Å². The summed E-state index contributed by atoms with van der Waals surface area (Å²) in [5.74, 6) is 1.05. The van der Waals surface area contributed by atoms with Crippen LogP contribution in [0.1, 0.15) is 28.6 Å². The summed E-state index contributed by atoms with van der Waals surface area (Å²) in [6, 6.07) is 15.8. The van der Waals surface area contributed by atoms with Gasteiger partial charge in [-0.2, -0.15) is 4.98 Å². The van der Waals surface area contributed by atoms with Gasteiger partial charge in [0.05, 0.1) is 9.90 Å². The second-order valence-electron chi connectivity index (χ2n) is 6.30. The molecule has 0 saturated heterocycles. The lowest BCUT2D eigenvalue weighted by molar-refractivity contribution is 0.103. The fraction of sp³-hybridized carbons (Fsp3) is 0.0952. The Hall–Kier alpha value is -2.87. The summed E-state index contributed by atoms with van der Waals surface area (Å²) in [4.78, 5) is 17.2. The van der Waals surface area contributed by atoms with E-state index in [1.165, 1.54) is 11.3 Å². The summed E-state index contributed by atoms with van der Waals surface area (Å²) in [5, 5.41) is 9.64. The summed E-state index contributed by atoms with van der Waals surface area (Å²) < 4.78 is 11.1. The fourth-order valence-corrected chi connectivity index (χ4v) is 3.70. The monoisotopic (exact) mass is 459 g/mol. The van der Waals surface area contributed by atoms with Crippen LogP contribution < -0.4 is 10.1 Å². The lowest BCUT2D eigenvalue weighted by Crippen LogP contribution is -2.09. The van der Waals surface area contributed by atoms with E-state index >= 15 is 0 Å². The van der Waals surface area contributed by atoms with E-state index in [9.17, 15) is 4.79 Å². The average molecular weight is 460 g/mol. The van der Waals surface area contributed by atoms with Gasteiger partial charge in [0.2, 0.25) is 5.82 Å². The quantitative estimate of drug-likeness (QED) is 0.356. The van der Waals surface area contributed by atoms with Crippen molar-refractivity contribution in [3.8, 4) is 17.1 Å². The number of carbonyl (C=O) groups is 1. The number of hydrogen-bond acceptors (Lipinski definition) is 6. The van der Waals surface area contributed by atoms with Crippen molar-refractivity contribution in [3.05, 3.63) is 80.8 Å². The maximum Gasteiger partial charge on any atom is 0.267 e. The van der Waals surface area contributed by atoms with Crippen LogP contribution in [0, 0.1) is 0 Å². The Morgan fingerprint density at radius 1 is 1.17 bits per heavy atom. The Kier molecular flexibility index (Phi) is 6.03. The van der Waals surface area contributed by atoms with Gasteiger partial charge < -0.3 is 14.6 Å². The molecule has 0 aliphatic heterocycles. The third-order valence-electron chi connectivity index (χ3n) is 4.13. The van der Waals surface area contributed by atoms with Gasteiger partial charge in [0.15, 0.2) is 6.10 Å². The van der Waals surface area contributed by atoms with E-state index in [0.29, 0.717) is 38.1 Å². The molecule has 0 saturated carbocycles. The van der Waals surface area contributed by atoms with Crippen LogP contribution in [0.15, 0.2) is 64.5 Å². The highest BCUT2D eigenvalue weighted by Crippen LogP contribution is 2.31. The van der Waals surface area contributed by atoms with Gasteiger partial charge in [-0.1, -0.05) is 34.4 Å². The summed E-state index contributed by atoms with van der Waals surface area (Å²) >= 11 is 13.4. The Bertz CT molecular complexity index is 1160. The van der Waals surface area contributed by atoms with Gasteiger partial charge in [0.25, 0.3) is 11.8 Å². The van der Waals surface area contributed by atoms with Crippen LogP contribution in [0.2, 0.25) is 10.0 Å². The van der Waals surface area contributed by atoms with Crippen LogP contribution in [0.5, 0.6) is 5.75 Å². The molecule has 1 N–H and O–H groups in total. The molecule has 2 aromatic carbocycles. The lowest BCUT2D eigenvalue weighted by atomic mass is 10.2. The molecule has 0 unspecified atom stereocenters. The zero-order valence-corrected chi connectivity index (χ0v) is 18.0. The minimum Gasteiger partial charge on any atom is -0.479 e. The van der Waals surface area contributed by atoms with Crippen LogP contribution in [-0.4, -0.2) is 16.0 Å². The Morgan fingerprint density at radius 2 is 1.97 bits per heavy atom. The molecule has 2 aromatic heterocycles. The maximum atomic E-state index is 12.1. The van der Waals surface area contributed by atoms with Crippen molar-refractivity contribution in [3.63, 3.8) is 0 Å². The van der Waals surface area contributed by atoms with Gasteiger partial charge in [0.1, 0.15) is 5.75 Å². The van der Waals surface area contributed by atoms with Crippen LogP contribution in [0.25, 0.3) is 11.4 Å². The Labute approximate surface area is 186 Å². The normalized spacial score (nSPS) is 11.8. The summed E-state index contributed by atoms with van der Waals surface area (Å²) in [5.41, 5.74) is 1.42. The van der Waals surface area contributed by atoms with Crippen molar-refractivity contribution in [2.24, 2.45) is 0 Å². The first-order chi connectivity index (χ1) is 14.5. The number of hydrogen-bond donors (Lipinski definition) is 1. The Morgan fingerprint density at radius 3 is 2.67 bits per heavy atom. The first-order valence-electron chi connectivity index (χ1n) is 8.90. The highest BCUT2D eigenvalue weighted by molar-refractivity contribution is 7.12. The molecule has 30 heavy (non-hydrogen) atoms. The molecule has 0 fully saturated rings. The van der Waals surface area contributed by atoms with Crippen LogP contribution >= 0.6 is 34.5 Å². The molecule has 0 spiro atoms. The van der Waals surface area contributed by atoms with Gasteiger partial charge in [-0.3, -0.25) is 4.79 Å². The summed E-state index contributed by atoms with van der Waals surface area (Å²) in [6.45, 7) is 1.78. The predicted molar refractivity (Wildman–Crippen MR) is 118 cm³/mol. The van der Waals surface area contributed by atoms with Gasteiger partial charge in [-0.15, -0.1) is 11.3 Å². The number of halogens is 2. The van der Waals surface area contributed by atoms with Crippen molar-refractivity contribution in [1.29, 1.82) is 0 Å². The van der Waals surface area contributed by atoms with Gasteiger partial charge in [-0.25, -0.2) is 0 Å². The van der Waals surface area contributed by atoms with Crippen molar-refractivity contribution in [2.75, 3.05) is 5.32 Å². The first-order valence-corrected chi connectivity index (χ1v) is 10.5. The lowest BCUT2D eigenvalue weighted by Gasteiger charge is -2.12. The van der Waals surface area contributed by atoms with Gasteiger partial charge in [0, 0.05) is 16.3 Å². The fourth-order valence-electron chi connectivity index (χ4n) is 2.63. The number of nitrogens with zero attached hydrogens (tertiary/aromatic N) is 2. The molecule has 9 heteroatoms. The highest BCUT2D eigenvalue weighted by atomic mass is 35.5. The van der Waals surface area contributed by atoms with Crippen molar-refractivity contribution < 1.29 is 14.1 Å². The topological polar surface area (TPSA) is 77.2 Å². The third kappa shape index (κ3) is 4.64. The smallest absolute Gasteiger partial charge is 0.267 e. The summed E-state index contributed by atoms with van der Waals surface area (Å²) in [6.07, 6.45) is -0.505. The van der Waals surface area contributed by atoms with Crippen LogP contribution in [0.3, 0.4) is 0 Å². The number of rotatable bonds is 6. The number of benzene rings is 2. The molecule has 4 aromatic rings. The number of nitrogens with one attached hydrogen (secondary N) is 1. The van der Waals surface area contributed by atoms with E-state index in [1.807, 2.05) is 11.4 Å². The predicted octanol–water partition coefficient (Wildman–Crippen LogP) is 6.50. The molecule has 1 amide bonds. The minimum atomic E-state index is -0.505. The molecular formula is C21H15Cl2N3O3S. The minimum absolute atomic E-state index is 0.147. The van der Waals surface area contributed by atoms with Crippen LogP contribution in [0.4, 0.5) is 5.69 Å². The van der Waals surface area contributed by atoms with Gasteiger partial charge in [-0.05, 0) is 60.8 Å². The second-order valence-corrected chi connectivity index (χ2v) is 8.09. The third-order valence-corrected chi connectivity index (χ3v) is 5.53. The number of anilines is 1. The van der Waals surface area contributed by atoms with Crippen LogP contribution in [-0.2, 0) is 0 Å². The largest absolute Gasteiger partial charge is 0.479 e. The molecule has 6 nitrogen and oxygen atoms in total. The number of carbonyl (C=O) groups excluding carboxylic acids is 1. The molecule has 152 valence electrons. The second kappa shape index (κ2) is 8.87. The molecule has 0 radical (unpaired) electrons. The van der Waals surface area contributed by atoms with E-state index in [4.69, 9.17) is 32.5 Å². The van der Waals surface area contributed by atoms with Gasteiger partial charge >= 0.3 is 0 Å². The number of ether oxygens (including phenoxy) is 1. The molecule has 1 atom stereocenters. The zero-order valence-electron chi connectivity index (χ0n) is 15.6. The SMILES string of the molecule is C[C@H](Oc1ccc(Cl)cc1Cl)c1nc(-c2ccc(NC(=O)c3cccs3)cc2)no1. The first kappa shape index (κ1) is 20.4. The zero-order chi connectivity index (χ0) is 21.1. The number of aromatic nitrogens is 2. The average Bonchev–Trinajstić information content (AvgIpc) is 3.43. The highest BCUT2D eigenvalue weighted by Gasteiger charge is 2.18.